The summed E-state index contributed by atoms with van der Waals surface area (Å²) >= 11 is 0. The Hall–Kier alpha value is -2.12. The molecular formula is C14H18N4O3. The molecule has 1 amide bonds. The van der Waals surface area contributed by atoms with Crippen LogP contribution in [-0.2, 0) is 18.4 Å². The van der Waals surface area contributed by atoms with Gasteiger partial charge < -0.3 is 9.73 Å². The van der Waals surface area contributed by atoms with E-state index in [1.807, 2.05) is 25.2 Å². The van der Waals surface area contributed by atoms with Crippen LogP contribution >= 0.6 is 0 Å². The minimum Gasteiger partial charge on any atom is -0.463 e. The van der Waals surface area contributed by atoms with Crippen LogP contribution in [0.25, 0.3) is 11.5 Å². The number of furan rings is 1. The minimum absolute atomic E-state index is 0.269. The molecule has 0 saturated carbocycles. The third kappa shape index (κ3) is 2.84. The summed E-state index contributed by atoms with van der Waals surface area (Å²) in [5, 5.41) is 17.8. The molecule has 0 bridgehead atoms. The molecular weight excluding hydrogens is 272 g/mol. The minimum atomic E-state index is -0.342. The summed E-state index contributed by atoms with van der Waals surface area (Å²) in [5.74, 6) is 0.446. The van der Waals surface area contributed by atoms with Crippen LogP contribution in [0.4, 0.5) is 0 Å². The zero-order chi connectivity index (χ0) is 14.8. The van der Waals surface area contributed by atoms with Crippen molar-refractivity contribution in [1.82, 2.24) is 20.2 Å². The average Bonchev–Trinajstić information content (AvgIpc) is 3.10. The molecule has 1 fully saturated rings. The van der Waals surface area contributed by atoms with Gasteiger partial charge in [0.25, 0.3) is 5.91 Å². The van der Waals surface area contributed by atoms with Crippen LogP contribution in [-0.4, -0.2) is 38.5 Å². The van der Waals surface area contributed by atoms with Gasteiger partial charge in [-0.15, -0.1) is 0 Å². The second-order valence-electron chi connectivity index (χ2n) is 5.16. The van der Waals surface area contributed by atoms with E-state index in [0.29, 0.717) is 18.8 Å². The Morgan fingerprint density at radius 1 is 1.57 bits per heavy atom. The first kappa shape index (κ1) is 13.8. The maximum absolute atomic E-state index is 11.8. The van der Waals surface area contributed by atoms with Gasteiger partial charge in [-0.2, -0.15) is 5.10 Å². The number of nitrogens with one attached hydrogen (secondary N) is 1. The number of nitrogens with zero attached hydrogens (tertiary/aromatic N) is 3. The number of carbonyl (C=O) groups excluding carboxylic acids is 1. The summed E-state index contributed by atoms with van der Waals surface area (Å²) in [6, 6.07) is 5.26. The van der Waals surface area contributed by atoms with Gasteiger partial charge in [-0.3, -0.25) is 14.7 Å². The van der Waals surface area contributed by atoms with Crippen molar-refractivity contribution in [2.24, 2.45) is 7.05 Å². The third-order valence-electron chi connectivity index (χ3n) is 3.70. The summed E-state index contributed by atoms with van der Waals surface area (Å²) in [6.45, 7) is 0.916. The van der Waals surface area contributed by atoms with E-state index in [1.165, 1.54) is 0 Å². The highest BCUT2D eigenvalue weighted by Crippen LogP contribution is 2.19. The van der Waals surface area contributed by atoms with Gasteiger partial charge in [0.15, 0.2) is 5.76 Å². The monoisotopic (exact) mass is 290 g/mol. The zero-order valence-corrected chi connectivity index (χ0v) is 11.8. The van der Waals surface area contributed by atoms with Crippen LogP contribution in [0.15, 0.2) is 28.9 Å². The molecule has 7 nitrogen and oxygen atoms in total. The predicted octanol–water partition coefficient (Wildman–Crippen LogP) is 1.15. The molecule has 3 heterocycles. The number of carbonyl (C=O) groups is 1. The van der Waals surface area contributed by atoms with E-state index in [9.17, 15) is 10.0 Å². The molecule has 21 heavy (non-hydrogen) atoms. The quantitative estimate of drug-likeness (QED) is 0.825. The van der Waals surface area contributed by atoms with Crippen molar-refractivity contribution in [1.29, 1.82) is 0 Å². The van der Waals surface area contributed by atoms with Crippen molar-refractivity contribution in [3.8, 4) is 11.5 Å². The second kappa shape index (κ2) is 5.71. The lowest BCUT2D eigenvalue weighted by atomic mass is 10.1. The van der Waals surface area contributed by atoms with E-state index in [1.54, 1.807) is 10.9 Å². The van der Waals surface area contributed by atoms with Gasteiger partial charge >= 0.3 is 0 Å². The summed E-state index contributed by atoms with van der Waals surface area (Å²) in [4.78, 5) is 11.8. The summed E-state index contributed by atoms with van der Waals surface area (Å²) < 4.78 is 7.08. The summed E-state index contributed by atoms with van der Waals surface area (Å²) in [6.07, 6.45) is 3.14. The Balaban J connectivity index is 1.67. The first-order chi connectivity index (χ1) is 10.1. The fourth-order valence-electron chi connectivity index (χ4n) is 2.49. The van der Waals surface area contributed by atoms with Crippen molar-refractivity contribution >= 4 is 5.91 Å². The van der Waals surface area contributed by atoms with Crippen molar-refractivity contribution in [3.63, 3.8) is 0 Å². The molecule has 1 saturated heterocycles. The van der Waals surface area contributed by atoms with E-state index in [0.717, 1.165) is 29.3 Å². The highest BCUT2D eigenvalue weighted by atomic mass is 16.5. The predicted molar refractivity (Wildman–Crippen MR) is 74.3 cm³/mol. The standard InChI is InChI=1S/C14H18N4O3/c1-17-10(8-12(16-17)13-5-3-7-21-13)9-15-11-4-2-6-18(20)14(11)19/h3,5,7-8,11,15,20H,2,4,6,9H2,1H3. The Morgan fingerprint density at radius 3 is 3.19 bits per heavy atom. The molecule has 3 rings (SSSR count). The lowest BCUT2D eigenvalue weighted by Gasteiger charge is -2.27. The van der Waals surface area contributed by atoms with Crippen molar-refractivity contribution in [2.45, 2.75) is 25.4 Å². The third-order valence-corrected chi connectivity index (χ3v) is 3.70. The molecule has 0 aromatic carbocycles. The lowest BCUT2D eigenvalue weighted by Crippen LogP contribution is -2.49. The van der Waals surface area contributed by atoms with Crippen molar-refractivity contribution in [2.75, 3.05) is 6.54 Å². The van der Waals surface area contributed by atoms with Crippen LogP contribution in [0.5, 0.6) is 0 Å². The zero-order valence-electron chi connectivity index (χ0n) is 11.8. The highest BCUT2D eigenvalue weighted by molar-refractivity contribution is 5.81. The fraction of sp³-hybridized carbons (Fsp3) is 0.429. The molecule has 2 aromatic heterocycles. The largest absolute Gasteiger partial charge is 0.463 e. The first-order valence-corrected chi connectivity index (χ1v) is 6.95. The van der Waals surface area contributed by atoms with Crippen LogP contribution in [0, 0.1) is 0 Å². The number of hydrogen-bond donors (Lipinski definition) is 2. The van der Waals surface area contributed by atoms with E-state index < -0.39 is 0 Å². The molecule has 112 valence electrons. The summed E-state index contributed by atoms with van der Waals surface area (Å²) in [7, 11) is 1.85. The van der Waals surface area contributed by atoms with Crippen molar-refractivity contribution < 1.29 is 14.4 Å². The molecule has 2 aromatic rings. The van der Waals surface area contributed by atoms with Gasteiger partial charge in [0, 0.05) is 20.1 Å². The molecule has 0 aliphatic carbocycles. The molecule has 0 spiro atoms. The normalized spacial score (nSPS) is 19.2. The van der Waals surface area contributed by atoms with E-state index in [2.05, 4.69) is 10.4 Å². The maximum atomic E-state index is 11.8. The number of aromatic nitrogens is 2. The van der Waals surface area contributed by atoms with Crippen LogP contribution in [0.3, 0.4) is 0 Å². The van der Waals surface area contributed by atoms with Gasteiger partial charge in [-0.05, 0) is 31.0 Å². The Bertz CT molecular complexity index is 620. The van der Waals surface area contributed by atoms with Gasteiger partial charge in [0.05, 0.1) is 18.0 Å². The first-order valence-electron chi connectivity index (χ1n) is 6.95. The molecule has 1 aliphatic heterocycles. The van der Waals surface area contributed by atoms with E-state index in [4.69, 9.17) is 4.42 Å². The number of aryl methyl sites for hydroxylation is 1. The average molecular weight is 290 g/mol. The van der Waals surface area contributed by atoms with Gasteiger partial charge in [-0.25, -0.2) is 5.06 Å². The highest BCUT2D eigenvalue weighted by Gasteiger charge is 2.27. The number of piperidine rings is 1. The number of hydroxylamine groups is 2. The molecule has 7 heteroatoms. The topological polar surface area (TPSA) is 83.5 Å². The summed E-state index contributed by atoms with van der Waals surface area (Å²) in [5.41, 5.74) is 1.71. The molecule has 0 radical (unpaired) electrons. The fourth-order valence-corrected chi connectivity index (χ4v) is 2.49. The number of rotatable bonds is 4. The maximum Gasteiger partial charge on any atom is 0.263 e. The Morgan fingerprint density at radius 2 is 2.43 bits per heavy atom. The van der Waals surface area contributed by atoms with Crippen LogP contribution in [0.2, 0.25) is 0 Å². The molecule has 1 atom stereocenters. The Kier molecular flexibility index (Phi) is 3.76. The number of hydrogen-bond acceptors (Lipinski definition) is 5. The Labute approximate surface area is 122 Å². The second-order valence-corrected chi connectivity index (χ2v) is 5.16. The van der Waals surface area contributed by atoms with Crippen LogP contribution in [0.1, 0.15) is 18.5 Å². The molecule has 1 aliphatic rings. The lowest BCUT2D eigenvalue weighted by molar-refractivity contribution is -0.172. The molecule has 2 N–H and O–H groups in total. The van der Waals surface area contributed by atoms with E-state index in [-0.39, 0.29) is 11.9 Å². The van der Waals surface area contributed by atoms with Gasteiger partial charge in [0.2, 0.25) is 0 Å². The van der Waals surface area contributed by atoms with E-state index >= 15 is 0 Å². The molecule has 1 unspecified atom stereocenters. The SMILES string of the molecule is Cn1nc(-c2ccco2)cc1CNC1CCCN(O)C1=O. The number of amides is 1. The van der Waals surface area contributed by atoms with Crippen LogP contribution < -0.4 is 5.32 Å². The van der Waals surface area contributed by atoms with Crippen molar-refractivity contribution in [3.05, 3.63) is 30.2 Å². The van der Waals surface area contributed by atoms with Gasteiger partial charge in [0.1, 0.15) is 5.69 Å². The smallest absolute Gasteiger partial charge is 0.263 e. The van der Waals surface area contributed by atoms with Gasteiger partial charge in [-0.1, -0.05) is 0 Å².